The molecule has 0 aliphatic carbocycles. The molecule has 8 heteroatoms. The van der Waals surface area contributed by atoms with Crippen molar-refractivity contribution >= 4 is 23.3 Å². The summed E-state index contributed by atoms with van der Waals surface area (Å²) in [6, 6.07) is 18.4. The Labute approximate surface area is 185 Å². The van der Waals surface area contributed by atoms with Crippen LogP contribution < -0.4 is 15.0 Å². The fraction of sp³-hybridized carbons (Fsp3) is 0.250. The topological polar surface area (TPSA) is 90.2 Å². The van der Waals surface area contributed by atoms with Gasteiger partial charge in [-0.05, 0) is 42.5 Å². The molecule has 2 heterocycles. The number of benzene rings is 2. The van der Waals surface area contributed by atoms with Gasteiger partial charge in [0.1, 0.15) is 12.4 Å². The summed E-state index contributed by atoms with van der Waals surface area (Å²) >= 11 is 0. The minimum atomic E-state index is -0.723. The number of carbonyl (C=O) groups is 2. The van der Waals surface area contributed by atoms with E-state index in [0.29, 0.717) is 30.2 Å². The van der Waals surface area contributed by atoms with Gasteiger partial charge in [-0.25, -0.2) is 4.79 Å². The summed E-state index contributed by atoms with van der Waals surface area (Å²) in [5, 5.41) is 2.72. The van der Waals surface area contributed by atoms with Crippen LogP contribution in [0.5, 0.6) is 5.75 Å². The van der Waals surface area contributed by atoms with Crippen LogP contribution in [0.1, 0.15) is 16.1 Å². The molecule has 0 bridgehead atoms. The number of anilines is 2. The monoisotopic (exact) mass is 436 g/mol. The minimum absolute atomic E-state index is 0.0172. The van der Waals surface area contributed by atoms with Crippen molar-refractivity contribution in [3.8, 4) is 5.75 Å². The van der Waals surface area contributed by atoms with Crippen molar-refractivity contribution in [3.05, 3.63) is 78.3 Å². The van der Waals surface area contributed by atoms with Crippen LogP contribution in [-0.2, 0) is 20.9 Å². The van der Waals surface area contributed by atoms with Crippen molar-refractivity contribution in [2.75, 3.05) is 43.1 Å². The molecule has 2 aromatic carbocycles. The first kappa shape index (κ1) is 21.5. The molecule has 8 nitrogen and oxygen atoms in total. The average molecular weight is 436 g/mol. The molecule has 1 aliphatic heterocycles. The van der Waals surface area contributed by atoms with E-state index in [-0.39, 0.29) is 12.4 Å². The van der Waals surface area contributed by atoms with E-state index in [4.69, 9.17) is 18.6 Å². The lowest BCUT2D eigenvalue weighted by atomic mass is 10.2. The summed E-state index contributed by atoms with van der Waals surface area (Å²) in [5.41, 5.74) is 2.23. The largest absolute Gasteiger partial charge is 0.489 e. The second-order valence-electron chi connectivity index (χ2n) is 7.15. The number of hydrogen-bond acceptors (Lipinski definition) is 7. The molecule has 1 amide bonds. The van der Waals surface area contributed by atoms with Crippen LogP contribution in [0, 0.1) is 0 Å². The van der Waals surface area contributed by atoms with E-state index in [9.17, 15) is 9.59 Å². The van der Waals surface area contributed by atoms with Crippen LogP contribution in [0.3, 0.4) is 0 Å². The number of rotatable bonds is 8. The van der Waals surface area contributed by atoms with Gasteiger partial charge in [0.05, 0.1) is 19.5 Å². The average Bonchev–Trinajstić information content (AvgIpc) is 3.32. The fourth-order valence-electron chi connectivity index (χ4n) is 3.28. The molecule has 1 fully saturated rings. The van der Waals surface area contributed by atoms with Crippen molar-refractivity contribution in [2.45, 2.75) is 6.61 Å². The standard InChI is InChI=1S/C24H24N2O6/c27-22(25-19-6-8-20(9-7-19)26-11-14-29-15-12-26)17-32-24(28)23-18(10-13-30-23)16-31-21-4-2-1-3-5-21/h1-10,13H,11-12,14-17H2,(H,25,27). The van der Waals surface area contributed by atoms with Gasteiger partial charge in [0.25, 0.3) is 5.91 Å². The first-order valence-electron chi connectivity index (χ1n) is 10.3. The number of morpholine rings is 1. The molecule has 1 aliphatic rings. The van der Waals surface area contributed by atoms with Crippen LogP contribution in [0.25, 0.3) is 0 Å². The lowest BCUT2D eigenvalue weighted by Crippen LogP contribution is -2.36. The molecule has 166 valence electrons. The SMILES string of the molecule is O=C(COC(=O)c1occc1COc1ccccc1)Nc1ccc(N2CCOCC2)cc1. The Hall–Kier alpha value is -3.78. The first-order valence-corrected chi connectivity index (χ1v) is 10.3. The van der Waals surface area contributed by atoms with Gasteiger partial charge in [-0.3, -0.25) is 4.79 Å². The molecule has 0 saturated carbocycles. The summed E-state index contributed by atoms with van der Waals surface area (Å²) in [7, 11) is 0. The second-order valence-corrected chi connectivity index (χ2v) is 7.15. The van der Waals surface area contributed by atoms with Gasteiger partial charge in [-0.2, -0.15) is 0 Å². The lowest BCUT2D eigenvalue weighted by Gasteiger charge is -2.28. The number of para-hydroxylation sites is 1. The molecule has 1 N–H and O–H groups in total. The van der Waals surface area contributed by atoms with Crippen molar-refractivity contribution in [3.63, 3.8) is 0 Å². The highest BCUT2D eigenvalue weighted by atomic mass is 16.5. The molecular formula is C24H24N2O6. The predicted octanol–water partition coefficient (Wildman–Crippen LogP) is 3.49. The third-order valence-electron chi connectivity index (χ3n) is 4.93. The van der Waals surface area contributed by atoms with E-state index in [1.807, 2.05) is 54.6 Å². The molecule has 0 unspecified atom stereocenters. The van der Waals surface area contributed by atoms with E-state index in [2.05, 4.69) is 10.2 Å². The summed E-state index contributed by atoms with van der Waals surface area (Å²) in [5.74, 6) is -0.471. The summed E-state index contributed by atoms with van der Waals surface area (Å²) in [6.45, 7) is 2.81. The Balaban J connectivity index is 1.25. The number of hydrogen-bond donors (Lipinski definition) is 1. The summed E-state index contributed by atoms with van der Waals surface area (Å²) < 4.78 is 21.3. The fourth-order valence-corrected chi connectivity index (χ4v) is 3.28. The van der Waals surface area contributed by atoms with Crippen LogP contribution in [0.2, 0.25) is 0 Å². The van der Waals surface area contributed by atoms with Crippen LogP contribution in [-0.4, -0.2) is 44.8 Å². The molecule has 0 atom stereocenters. The summed E-state index contributed by atoms with van der Waals surface area (Å²) in [6.07, 6.45) is 1.39. The number of carbonyl (C=O) groups excluding carboxylic acids is 2. The van der Waals surface area contributed by atoms with Gasteiger partial charge < -0.3 is 28.8 Å². The number of esters is 1. The van der Waals surface area contributed by atoms with Gasteiger partial charge in [-0.1, -0.05) is 18.2 Å². The zero-order valence-corrected chi connectivity index (χ0v) is 17.5. The number of ether oxygens (including phenoxy) is 3. The second kappa shape index (κ2) is 10.5. The van der Waals surface area contributed by atoms with E-state index in [1.165, 1.54) is 6.26 Å². The quantitative estimate of drug-likeness (QED) is 0.541. The van der Waals surface area contributed by atoms with E-state index < -0.39 is 18.5 Å². The third-order valence-corrected chi connectivity index (χ3v) is 4.93. The van der Waals surface area contributed by atoms with Crippen molar-refractivity contribution in [1.29, 1.82) is 0 Å². The zero-order valence-electron chi connectivity index (χ0n) is 17.5. The highest BCUT2D eigenvalue weighted by Crippen LogP contribution is 2.19. The van der Waals surface area contributed by atoms with Gasteiger partial charge in [0, 0.05) is 30.0 Å². The normalized spacial score (nSPS) is 13.4. The van der Waals surface area contributed by atoms with Crippen molar-refractivity contribution in [1.82, 2.24) is 0 Å². The molecule has 0 spiro atoms. The highest BCUT2D eigenvalue weighted by molar-refractivity contribution is 5.95. The van der Waals surface area contributed by atoms with Crippen LogP contribution in [0.4, 0.5) is 11.4 Å². The predicted molar refractivity (Wildman–Crippen MR) is 118 cm³/mol. The van der Waals surface area contributed by atoms with Crippen molar-refractivity contribution < 1.29 is 28.2 Å². The summed E-state index contributed by atoms with van der Waals surface area (Å²) in [4.78, 5) is 26.8. The van der Waals surface area contributed by atoms with E-state index >= 15 is 0 Å². The maximum atomic E-state index is 12.3. The Morgan fingerprint density at radius 3 is 2.47 bits per heavy atom. The van der Waals surface area contributed by atoms with Crippen LogP contribution >= 0.6 is 0 Å². The first-order chi connectivity index (χ1) is 15.7. The minimum Gasteiger partial charge on any atom is -0.489 e. The van der Waals surface area contributed by atoms with Gasteiger partial charge >= 0.3 is 5.97 Å². The Morgan fingerprint density at radius 2 is 1.72 bits per heavy atom. The molecule has 1 aromatic heterocycles. The third kappa shape index (κ3) is 5.67. The Morgan fingerprint density at radius 1 is 0.969 bits per heavy atom. The molecule has 1 saturated heterocycles. The smallest absolute Gasteiger partial charge is 0.375 e. The number of amides is 1. The number of nitrogens with one attached hydrogen (secondary N) is 1. The molecule has 32 heavy (non-hydrogen) atoms. The van der Waals surface area contributed by atoms with Gasteiger partial charge in [0.15, 0.2) is 6.61 Å². The molecule has 4 rings (SSSR count). The molecular weight excluding hydrogens is 412 g/mol. The van der Waals surface area contributed by atoms with Gasteiger partial charge in [0.2, 0.25) is 5.76 Å². The molecule has 3 aromatic rings. The van der Waals surface area contributed by atoms with Crippen molar-refractivity contribution in [2.24, 2.45) is 0 Å². The lowest BCUT2D eigenvalue weighted by molar-refractivity contribution is -0.119. The molecule has 0 radical (unpaired) electrons. The Bertz CT molecular complexity index is 1030. The highest BCUT2D eigenvalue weighted by Gasteiger charge is 2.19. The van der Waals surface area contributed by atoms with Gasteiger partial charge in [-0.15, -0.1) is 0 Å². The zero-order chi connectivity index (χ0) is 22.2. The maximum absolute atomic E-state index is 12.3. The Kier molecular flexibility index (Phi) is 7.04. The number of nitrogens with zero attached hydrogens (tertiary/aromatic N) is 1. The maximum Gasteiger partial charge on any atom is 0.375 e. The number of furan rings is 1. The van der Waals surface area contributed by atoms with E-state index in [1.54, 1.807) is 6.07 Å². The van der Waals surface area contributed by atoms with Crippen LogP contribution in [0.15, 0.2) is 71.3 Å². The van der Waals surface area contributed by atoms with E-state index in [0.717, 1.165) is 18.8 Å².